The van der Waals surface area contributed by atoms with Crippen LogP contribution in [0.25, 0.3) is 0 Å². The Balaban J connectivity index is 2.02. The van der Waals surface area contributed by atoms with E-state index in [0.29, 0.717) is 24.5 Å². The lowest BCUT2D eigenvalue weighted by Gasteiger charge is -2.17. The van der Waals surface area contributed by atoms with Gasteiger partial charge in [0.2, 0.25) is 0 Å². The number of halogens is 1. The Hall–Kier alpha value is -0.910. The van der Waals surface area contributed by atoms with Crippen molar-refractivity contribution in [1.29, 1.82) is 0 Å². The molecule has 0 spiro atoms. The second-order valence-corrected chi connectivity index (χ2v) is 5.83. The number of β-amino-alcohol motifs (C(OH)–C–C–N with tert-alkyl or cyclic N) is 1. The van der Waals surface area contributed by atoms with Gasteiger partial charge in [0.15, 0.2) is 0 Å². The van der Waals surface area contributed by atoms with Crippen molar-refractivity contribution < 1.29 is 9.90 Å². The highest BCUT2D eigenvalue weighted by atomic mass is 35.5. The van der Waals surface area contributed by atoms with E-state index in [1.165, 1.54) is 0 Å². The van der Waals surface area contributed by atoms with Crippen molar-refractivity contribution in [2.45, 2.75) is 18.3 Å². The van der Waals surface area contributed by atoms with E-state index in [1.807, 2.05) is 12.3 Å². The van der Waals surface area contributed by atoms with Crippen molar-refractivity contribution in [3.63, 3.8) is 0 Å². The van der Waals surface area contributed by atoms with Gasteiger partial charge in [0.25, 0.3) is 0 Å². The topological polar surface area (TPSA) is 52.6 Å². The summed E-state index contributed by atoms with van der Waals surface area (Å²) in [6, 6.07) is 5.30. The van der Waals surface area contributed by atoms with Crippen molar-refractivity contribution in [2.75, 3.05) is 24.7 Å². The van der Waals surface area contributed by atoms with Crippen molar-refractivity contribution in [1.82, 2.24) is 4.90 Å². The van der Waals surface area contributed by atoms with Crippen LogP contribution in [-0.2, 0) is 5.75 Å². The molecule has 1 atom stereocenters. The summed E-state index contributed by atoms with van der Waals surface area (Å²) in [4.78, 5) is 13.6. The number of aliphatic hydroxyl groups is 1. The van der Waals surface area contributed by atoms with Gasteiger partial charge in [-0.3, -0.25) is 0 Å². The fraction of sp³-hybridized carbons (Fsp3) is 0.462. The van der Waals surface area contributed by atoms with E-state index >= 15 is 0 Å². The van der Waals surface area contributed by atoms with Crippen LogP contribution in [0.2, 0.25) is 5.02 Å². The van der Waals surface area contributed by atoms with Gasteiger partial charge in [0.05, 0.1) is 6.10 Å². The lowest BCUT2D eigenvalue weighted by atomic mass is 10.2. The highest BCUT2D eigenvalue weighted by Gasteiger charge is 2.24. The zero-order valence-electron chi connectivity index (χ0n) is 10.7. The maximum Gasteiger partial charge on any atom is 0.321 e. The molecule has 19 heavy (non-hydrogen) atoms. The third-order valence-corrected chi connectivity index (χ3v) is 4.02. The van der Waals surface area contributed by atoms with E-state index in [2.05, 4.69) is 5.32 Å². The molecule has 1 aliphatic rings. The smallest absolute Gasteiger partial charge is 0.321 e. The number of urea groups is 1. The molecular weight excluding hydrogens is 284 g/mol. The van der Waals surface area contributed by atoms with Gasteiger partial charge in [0, 0.05) is 29.6 Å². The molecule has 6 heteroatoms. The Kier molecular flexibility index (Phi) is 4.96. The number of likely N-dealkylation sites (tertiary alicyclic amines) is 1. The summed E-state index contributed by atoms with van der Waals surface area (Å²) in [5.74, 6) is 0.810. The van der Waals surface area contributed by atoms with E-state index < -0.39 is 6.10 Å². The van der Waals surface area contributed by atoms with Crippen LogP contribution in [0, 0.1) is 0 Å². The predicted octanol–water partition coefficient (Wildman–Crippen LogP) is 2.80. The molecular formula is C13H17ClN2O2S. The minimum Gasteiger partial charge on any atom is -0.391 e. The average Bonchev–Trinajstić information content (AvgIpc) is 2.80. The van der Waals surface area contributed by atoms with Gasteiger partial charge in [-0.15, -0.1) is 0 Å². The van der Waals surface area contributed by atoms with E-state index in [-0.39, 0.29) is 6.03 Å². The first-order valence-electron chi connectivity index (χ1n) is 6.11. The normalized spacial score (nSPS) is 18.7. The third kappa shape index (κ3) is 3.78. The van der Waals surface area contributed by atoms with Gasteiger partial charge in [-0.05, 0) is 36.4 Å². The summed E-state index contributed by atoms with van der Waals surface area (Å²) in [5.41, 5.74) is 1.74. The van der Waals surface area contributed by atoms with Gasteiger partial charge in [-0.1, -0.05) is 11.6 Å². The fourth-order valence-electron chi connectivity index (χ4n) is 2.05. The van der Waals surface area contributed by atoms with Gasteiger partial charge in [-0.25, -0.2) is 4.79 Å². The summed E-state index contributed by atoms with van der Waals surface area (Å²) in [6.07, 6.45) is 2.25. The molecule has 0 bridgehead atoms. The average molecular weight is 301 g/mol. The number of hydrogen-bond donors (Lipinski definition) is 2. The first-order chi connectivity index (χ1) is 9.10. The summed E-state index contributed by atoms with van der Waals surface area (Å²) in [6.45, 7) is 0.995. The summed E-state index contributed by atoms with van der Waals surface area (Å²) in [5, 5.41) is 13.0. The van der Waals surface area contributed by atoms with E-state index in [9.17, 15) is 9.90 Å². The van der Waals surface area contributed by atoms with E-state index in [1.54, 1.807) is 28.8 Å². The molecule has 2 rings (SSSR count). The number of rotatable bonds is 3. The number of nitrogens with one attached hydrogen (secondary N) is 1. The van der Waals surface area contributed by atoms with Crippen LogP contribution in [0.3, 0.4) is 0 Å². The number of anilines is 1. The van der Waals surface area contributed by atoms with Crippen LogP contribution < -0.4 is 5.32 Å². The van der Waals surface area contributed by atoms with E-state index in [4.69, 9.17) is 11.6 Å². The Morgan fingerprint density at radius 1 is 1.63 bits per heavy atom. The third-order valence-electron chi connectivity index (χ3n) is 3.05. The van der Waals surface area contributed by atoms with Crippen LogP contribution in [0.15, 0.2) is 18.2 Å². The highest BCUT2D eigenvalue weighted by molar-refractivity contribution is 7.97. The molecule has 1 heterocycles. The molecule has 1 fully saturated rings. The quantitative estimate of drug-likeness (QED) is 0.902. The lowest BCUT2D eigenvalue weighted by molar-refractivity contribution is 0.176. The number of nitrogens with zero attached hydrogens (tertiary/aromatic N) is 1. The van der Waals surface area contributed by atoms with Crippen molar-refractivity contribution in [3.05, 3.63) is 28.8 Å². The first-order valence-corrected chi connectivity index (χ1v) is 7.88. The van der Waals surface area contributed by atoms with Crippen LogP contribution in [0.1, 0.15) is 12.0 Å². The number of thioether (sulfide) groups is 1. The molecule has 0 aromatic heterocycles. The lowest BCUT2D eigenvalue weighted by Crippen LogP contribution is -2.33. The molecule has 0 aliphatic carbocycles. The molecule has 2 N–H and O–H groups in total. The number of carbonyl (C=O) groups is 1. The molecule has 0 radical (unpaired) electrons. The van der Waals surface area contributed by atoms with Gasteiger partial charge in [0.1, 0.15) is 0 Å². The Morgan fingerprint density at radius 3 is 3.05 bits per heavy atom. The first kappa shape index (κ1) is 14.5. The number of aliphatic hydroxyl groups excluding tert-OH is 1. The number of amides is 2. The summed E-state index contributed by atoms with van der Waals surface area (Å²) < 4.78 is 0. The maximum atomic E-state index is 12.0. The van der Waals surface area contributed by atoms with Crippen LogP contribution >= 0.6 is 23.4 Å². The molecule has 1 aliphatic heterocycles. The maximum absolute atomic E-state index is 12.0. The SMILES string of the molecule is CSCc1cc(NC(=O)N2CC[C@@H](O)C2)ccc1Cl. The minimum absolute atomic E-state index is 0.172. The standard InChI is InChI=1S/C13H17ClN2O2S/c1-19-8-9-6-10(2-3-12(9)14)15-13(18)16-5-4-11(17)7-16/h2-3,6,11,17H,4-5,7-8H2,1H3,(H,15,18)/t11-/m1/s1. The molecule has 2 amide bonds. The van der Waals surface area contributed by atoms with Gasteiger partial charge in [-0.2, -0.15) is 11.8 Å². The van der Waals surface area contributed by atoms with Crippen LogP contribution in [-0.4, -0.2) is 41.5 Å². The van der Waals surface area contributed by atoms with Crippen molar-refractivity contribution in [3.8, 4) is 0 Å². The van der Waals surface area contributed by atoms with Crippen molar-refractivity contribution >= 4 is 35.1 Å². The van der Waals surface area contributed by atoms with Gasteiger partial charge < -0.3 is 15.3 Å². The monoisotopic (exact) mass is 300 g/mol. The fourth-order valence-corrected chi connectivity index (χ4v) is 2.86. The van der Waals surface area contributed by atoms with Crippen LogP contribution in [0.5, 0.6) is 0 Å². The van der Waals surface area contributed by atoms with Gasteiger partial charge >= 0.3 is 6.03 Å². The highest BCUT2D eigenvalue weighted by Crippen LogP contribution is 2.24. The molecule has 0 unspecified atom stereocenters. The van der Waals surface area contributed by atoms with E-state index in [0.717, 1.165) is 17.0 Å². The zero-order valence-corrected chi connectivity index (χ0v) is 12.3. The summed E-state index contributed by atoms with van der Waals surface area (Å²) in [7, 11) is 0. The predicted molar refractivity (Wildman–Crippen MR) is 79.9 cm³/mol. The second-order valence-electron chi connectivity index (χ2n) is 4.56. The Morgan fingerprint density at radius 2 is 2.42 bits per heavy atom. The largest absolute Gasteiger partial charge is 0.391 e. The molecule has 1 saturated heterocycles. The second kappa shape index (κ2) is 6.50. The number of carbonyl (C=O) groups excluding carboxylic acids is 1. The molecule has 1 aromatic rings. The Bertz CT molecular complexity index is 470. The Labute approximate surface area is 122 Å². The molecule has 1 aromatic carbocycles. The molecule has 104 valence electrons. The molecule has 0 saturated carbocycles. The number of benzene rings is 1. The molecule has 4 nitrogen and oxygen atoms in total. The minimum atomic E-state index is -0.400. The summed E-state index contributed by atoms with van der Waals surface area (Å²) >= 11 is 7.77. The zero-order chi connectivity index (χ0) is 13.8. The van der Waals surface area contributed by atoms with Crippen molar-refractivity contribution in [2.24, 2.45) is 0 Å². The number of hydrogen-bond acceptors (Lipinski definition) is 3. The van der Waals surface area contributed by atoms with Crippen LogP contribution in [0.4, 0.5) is 10.5 Å².